The number of nitrogens with one attached hydrogen (secondary N) is 1. The van der Waals surface area contributed by atoms with Crippen LogP contribution in [-0.2, 0) is 4.57 Å². The molecular formula is C41H41Cl4N6O6P. The van der Waals surface area contributed by atoms with E-state index in [1.54, 1.807) is 49.4 Å². The van der Waals surface area contributed by atoms with Gasteiger partial charge in [-0.1, -0.05) is 46.0 Å². The number of aromatic amines is 1. The third-order valence-electron chi connectivity index (χ3n) is 8.09. The summed E-state index contributed by atoms with van der Waals surface area (Å²) in [5, 5.41) is 12.9. The second-order valence-corrected chi connectivity index (χ2v) is 18.9. The van der Waals surface area contributed by atoms with Gasteiger partial charge in [0.2, 0.25) is 11.8 Å². The second kappa shape index (κ2) is 20.5. The number of rotatable bonds is 6. The summed E-state index contributed by atoms with van der Waals surface area (Å²) in [6.07, 6.45) is 9.87. The third-order valence-corrected chi connectivity index (χ3v) is 8.36. The molecule has 0 radical (unpaired) electrons. The summed E-state index contributed by atoms with van der Waals surface area (Å²) in [4.78, 5) is 20.7. The largest absolute Gasteiger partial charge is 0.464 e. The quantitative estimate of drug-likeness (QED) is 0.158. The second-order valence-electron chi connectivity index (χ2n) is 11.9. The molecule has 0 aliphatic heterocycles. The van der Waals surface area contributed by atoms with E-state index in [0.717, 1.165) is 60.9 Å². The molecule has 0 spiro atoms. The molecule has 0 aliphatic rings. The van der Waals surface area contributed by atoms with Crippen LogP contribution in [0.5, 0.6) is 23.3 Å². The highest BCUT2D eigenvalue weighted by molar-refractivity contribution is 8.24. The molecule has 2 aromatic carbocycles. The maximum atomic E-state index is 12.1. The first-order valence-electron chi connectivity index (χ1n) is 16.2. The topological polar surface area (TPSA) is 159 Å². The highest BCUT2D eigenvalue weighted by Crippen LogP contribution is 2.61. The molecule has 0 bridgehead atoms. The Labute approximate surface area is 355 Å². The van der Waals surface area contributed by atoms with E-state index < -0.39 is 5.20 Å². The predicted molar refractivity (Wildman–Crippen MR) is 235 cm³/mol. The standard InChI is InChI=1S/C19H14ClN3O2.C19H15N3O3.3CH4.Cl3OP/c1-11-9-13(25-19-15-6-8-24-16(15)5-7-21-19)3-4-14(11)17-12(2)10-22-23-18(17)20;1-11-9-13(25-19-15-6-8-24-16(15)5-7-20-19)3-4-14(11)17-12(2)10-21-22-18(17)23;;;;1-5(2,3)4/h3-10H,1-2H3;3-10H,1-2H3,(H,22,23);3*1H4;. The minimum absolute atomic E-state index is 0. The van der Waals surface area contributed by atoms with Crippen molar-refractivity contribution in [3.05, 3.63) is 136 Å². The summed E-state index contributed by atoms with van der Waals surface area (Å²) in [6, 6.07) is 18.6. The Morgan fingerprint density at radius 3 is 1.57 bits per heavy atom. The number of halogens is 4. The van der Waals surface area contributed by atoms with Gasteiger partial charge in [0, 0.05) is 18.0 Å². The molecule has 6 heterocycles. The van der Waals surface area contributed by atoms with Crippen LogP contribution in [0.2, 0.25) is 5.15 Å². The number of aromatic nitrogens is 6. The van der Waals surface area contributed by atoms with Crippen molar-refractivity contribution in [1.29, 1.82) is 0 Å². The summed E-state index contributed by atoms with van der Waals surface area (Å²) in [5.74, 6) is 2.33. The van der Waals surface area contributed by atoms with Gasteiger partial charge in [-0.3, -0.25) is 9.36 Å². The number of aryl methyl sites for hydroxylation is 4. The van der Waals surface area contributed by atoms with Crippen LogP contribution >= 0.6 is 50.5 Å². The fourth-order valence-electron chi connectivity index (χ4n) is 5.67. The summed E-state index contributed by atoms with van der Waals surface area (Å²) in [5.41, 5.74) is 8.35. The van der Waals surface area contributed by atoms with Crippen molar-refractivity contribution in [2.45, 2.75) is 50.0 Å². The minimum Gasteiger partial charge on any atom is -0.464 e. The summed E-state index contributed by atoms with van der Waals surface area (Å²) in [6.45, 7) is 7.77. The summed E-state index contributed by atoms with van der Waals surface area (Å²) >= 11 is 20.1. The van der Waals surface area contributed by atoms with E-state index >= 15 is 0 Å². The maximum Gasteiger partial charge on any atom is 0.339 e. The van der Waals surface area contributed by atoms with Crippen molar-refractivity contribution in [3.63, 3.8) is 0 Å². The minimum atomic E-state index is -3.22. The van der Waals surface area contributed by atoms with Gasteiger partial charge in [0.1, 0.15) is 22.7 Å². The first-order valence-corrected chi connectivity index (χ1v) is 21.0. The van der Waals surface area contributed by atoms with E-state index in [0.29, 0.717) is 34.0 Å². The lowest BCUT2D eigenvalue weighted by Crippen LogP contribution is -2.12. The number of fused-ring (bicyclic) bond motifs is 2. The Bertz CT molecular complexity index is 2720. The zero-order chi connectivity index (χ0) is 39.3. The van der Waals surface area contributed by atoms with E-state index in [9.17, 15) is 9.36 Å². The first kappa shape index (κ1) is 47.1. The molecule has 6 aromatic heterocycles. The van der Waals surface area contributed by atoms with Crippen molar-refractivity contribution in [2.75, 3.05) is 0 Å². The van der Waals surface area contributed by atoms with E-state index in [-0.39, 0.29) is 27.8 Å². The van der Waals surface area contributed by atoms with Crippen molar-refractivity contribution in [2.24, 2.45) is 0 Å². The Hall–Kier alpha value is -5.23. The van der Waals surface area contributed by atoms with E-state index in [1.165, 1.54) is 0 Å². The van der Waals surface area contributed by atoms with Crippen LogP contribution < -0.4 is 15.0 Å². The van der Waals surface area contributed by atoms with Gasteiger partial charge in [0.15, 0.2) is 5.15 Å². The molecular weight excluding hydrogens is 845 g/mol. The molecule has 12 nitrogen and oxygen atoms in total. The van der Waals surface area contributed by atoms with Crippen molar-refractivity contribution >= 4 is 72.5 Å². The number of H-pyrrole nitrogens is 1. The molecule has 0 saturated carbocycles. The summed E-state index contributed by atoms with van der Waals surface area (Å²) < 4.78 is 32.1. The van der Waals surface area contributed by atoms with Crippen molar-refractivity contribution < 1.29 is 22.9 Å². The number of nitrogens with zero attached hydrogens (tertiary/aromatic N) is 5. The number of pyridine rings is 2. The van der Waals surface area contributed by atoms with Gasteiger partial charge in [0.25, 0.3) is 5.56 Å². The molecule has 0 amide bonds. The zero-order valence-electron chi connectivity index (χ0n) is 29.4. The Kier molecular flexibility index (Phi) is 16.6. The van der Waals surface area contributed by atoms with Crippen molar-refractivity contribution in [3.8, 4) is 45.5 Å². The third kappa shape index (κ3) is 11.5. The molecule has 0 unspecified atom stereocenters. The number of hydrogen-bond donors (Lipinski definition) is 1. The SMILES string of the molecule is C.C.C.Cc1cc(Oc2nccc3occc23)ccc1-c1c(C)cn[nH]c1=O.Cc1cc(Oc2nccc3occc23)ccc1-c1c(C)cnnc1Cl.O=P(Cl)(Cl)Cl. The summed E-state index contributed by atoms with van der Waals surface area (Å²) in [7, 11) is 0. The molecule has 304 valence electrons. The van der Waals surface area contributed by atoms with Crippen LogP contribution in [0.15, 0.2) is 112 Å². The average Bonchev–Trinajstić information content (AvgIpc) is 3.81. The van der Waals surface area contributed by atoms with Gasteiger partial charge in [-0.05, 0) is 143 Å². The first-order chi connectivity index (χ1) is 26.3. The van der Waals surface area contributed by atoms with Crippen molar-refractivity contribution in [1.82, 2.24) is 30.4 Å². The van der Waals surface area contributed by atoms with Gasteiger partial charge >= 0.3 is 5.20 Å². The number of furan rings is 2. The Morgan fingerprint density at radius 2 is 1.12 bits per heavy atom. The number of ether oxygens (including phenoxy) is 2. The maximum absolute atomic E-state index is 12.1. The molecule has 0 atom stereocenters. The molecule has 8 rings (SSSR count). The molecule has 0 fully saturated rings. The lowest BCUT2D eigenvalue weighted by Gasteiger charge is -2.12. The molecule has 58 heavy (non-hydrogen) atoms. The van der Waals surface area contributed by atoms with E-state index in [4.69, 9.17) is 29.9 Å². The van der Waals surface area contributed by atoms with Crippen LogP contribution in [0.3, 0.4) is 0 Å². The molecule has 0 saturated heterocycles. The van der Waals surface area contributed by atoms with Gasteiger partial charge in [-0.15, -0.1) is 5.10 Å². The lowest BCUT2D eigenvalue weighted by molar-refractivity contribution is 0.468. The van der Waals surface area contributed by atoms with Crippen LogP contribution in [0.1, 0.15) is 44.5 Å². The van der Waals surface area contributed by atoms with Gasteiger partial charge in [-0.25, -0.2) is 15.1 Å². The highest BCUT2D eigenvalue weighted by Gasteiger charge is 2.15. The lowest BCUT2D eigenvalue weighted by atomic mass is 9.99. The van der Waals surface area contributed by atoms with Gasteiger partial charge < -0.3 is 18.3 Å². The average molecular weight is 887 g/mol. The number of benzene rings is 2. The van der Waals surface area contributed by atoms with E-state index in [1.807, 2.05) is 76.2 Å². The zero-order valence-corrected chi connectivity index (χ0v) is 33.3. The molecule has 8 aromatic rings. The van der Waals surface area contributed by atoms with Crippen LogP contribution in [-0.4, -0.2) is 30.4 Å². The van der Waals surface area contributed by atoms with Crippen LogP contribution in [0.4, 0.5) is 0 Å². The predicted octanol–water partition coefficient (Wildman–Crippen LogP) is 14.1. The van der Waals surface area contributed by atoms with Crippen LogP contribution in [0.25, 0.3) is 44.2 Å². The van der Waals surface area contributed by atoms with Crippen LogP contribution in [0, 0.1) is 27.7 Å². The van der Waals surface area contributed by atoms with Gasteiger partial charge in [-0.2, -0.15) is 10.2 Å². The normalized spacial score (nSPS) is 10.5. The number of hydrogen-bond acceptors (Lipinski definition) is 11. The smallest absolute Gasteiger partial charge is 0.339 e. The molecule has 1 N–H and O–H groups in total. The fourth-order valence-corrected chi connectivity index (χ4v) is 5.97. The highest BCUT2D eigenvalue weighted by atomic mass is 36.0. The molecule has 17 heteroatoms. The monoisotopic (exact) mass is 884 g/mol. The Morgan fingerprint density at radius 1 is 0.655 bits per heavy atom. The van der Waals surface area contributed by atoms with Gasteiger partial charge in [0.05, 0.1) is 41.3 Å². The van der Waals surface area contributed by atoms with E-state index in [2.05, 4.69) is 64.1 Å². The molecule has 0 aliphatic carbocycles. The Balaban J connectivity index is 0.000000266. The fraction of sp³-hybridized carbons (Fsp3) is 0.171.